The summed E-state index contributed by atoms with van der Waals surface area (Å²) in [6.07, 6.45) is 0. The van der Waals surface area contributed by atoms with Crippen LogP contribution in [-0.2, 0) is 4.74 Å². The average Bonchev–Trinajstić information content (AvgIpc) is 2.35. The summed E-state index contributed by atoms with van der Waals surface area (Å²) in [5.74, 6) is -0.983. The lowest BCUT2D eigenvalue weighted by molar-refractivity contribution is 0.0696. The van der Waals surface area contributed by atoms with Crippen LogP contribution in [0.3, 0.4) is 0 Å². The fourth-order valence-electron chi connectivity index (χ4n) is 1.71. The Labute approximate surface area is 118 Å². The standard InChI is InChI=1S/C14H20N2O4/c1-4-20-8-10(3)15-14(19)16-11-5-6-12(13(17)18)9(2)7-11/h5-7,10H,4,8H2,1-3H3,(H,17,18)(H2,15,16,19). The molecule has 110 valence electrons. The zero-order chi connectivity index (χ0) is 15.1. The van der Waals surface area contributed by atoms with E-state index < -0.39 is 5.97 Å². The molecule has 2 amide bonds. The molecule has 6 nitrogen and oxygen atoms in total. The molecule has 0 saturated carbocycles. The first-order chi connectivity index (χ1) is 9.43. The number of urea groups is 1. The van der Waals surface area contributed by atoms with E-state index in [1.807, 2.05) is 13.8 Å². The van der Waals surface area contributed by atoms with Crippen molar-refractivity contribution in [3.63, 3.8) is 0 Å². The number of carboxylic acid groups (broad SMARTS) is 1. The summed E-state index contributed by atoms with van der Waals surface area (Å²) in [6, 6.07) is 4.20. The molecule has 1 atom stereocenters. The molecule has 1 rings (SSSR count). The van der Waals surface area contributed by atoms with Gasteiger partial charge < -0.3 is 20.5 Å². The molecule has 0 spiro atoms. The molecule has 1 aromatic rings. The maximum Gasteiger partial charge on any atom is 0.335 e. The molecule has 0 aliphatic heterocycles. The Kier molecular flexibility index (Phi) is 5.99. The van der Waals surface area contributed by atoms with Gasteiger partial charge in [-0.15, -0.1) is 0 Å². The van der Waals surface area contributed by atoms with Crippen molar-refractivity contribution in [3.05, 3.63) is 29.3 Å². The largest absolute Gasteiger partial charge is 0.478 e. The van der Waals surface area contributed by atoms with Crippen LogP contribution in [0.25, 0.3) is 0 Å². The number of carbonyl (C=O) groups excluding carboxylic acids is 1. The summed E-state index contributed by atoms with van der Waals surface area (Å²) in [6.45, 7) is 6.46. The Morgan fingerprint density at radius 1 is 1.40 bits per heavy atom. The molecule has 0 aromatic heterocycles. The van der Waals surface area contributed by atoms with Gasteiger partial charge in [-0.2, -0.15) is 0 Å². The number of hydrogen-bond donors (Lipinski definition) is 3. The maximum absolute atomic E-state index is 11.7. The van der Waals surface area contributed by atoms with Crippen molar-refractivity contribution >= 4 is 17.7 Å². The minimum Gasteiger partial charge on any atom is -0.478 e. The van der Waals surface area contributed by atoms with Crippen molar-refractivity contribution < 1.29 is 19.4 Å². The number of benzene rings is 1. The van der Waals surface area contributed by atoms with Gasteiger partial charge in [-0.3, -0.25) is 0 Å². The van der Waals surface area contributed by atoms with Crippen LogP contribution in [0.5, 0.6) is 0 Å². The Morgan fingerprint density at radius 2 is 2.10 bits per heavy atom. The zero-order valence-corrected chi connectivity index (χ0v) is 11.9. The molecule has 0 fully saturated rings. The monoisotopic (exact) mass is 280 g/mol. The van der Waals surface area contributed by atoms with E-state index in [2.05, 4.69) is 10.6 Å². The number of aromatic carboxylic acids is 1. The molecule has 0 radical (unpaired) electrons. The predicted molar refractivity (Wildman–Crippen MR) is 76.2 cm³/mol. The summed E-state index contributed by atoms with van der Waals surface area (Å²) in [5, 5.41) is 14.3. The third-order valence-electron chi connectivity index (χ3n) is 2.66. The van der Waals surface area contributed by atoms with E-state index in [0.29, 0.717) is 24.5 Å². The van der Waals surface area contributed by atoms with Crippen LogP contribution in [0.1, 0.15) is 29.8 Å². The molecule has 0 saturated heterocycles. The van der Waals surface area contributed by atoms with Crippen LogP contribution >= 0.6 is 0 Å². The Balaban J connectivity index is 2.58. The number of rotatable bonds is 6. The van der Waals surface area contributed by atoms with E-state index in [4.69, 9.17) is 9.84 Å². The average molecular weight is 280 g/mol. The van der Waals surface area contributed by atoms with Crippen molar-refractivity contribution in [1.82, 2.24) is 5.32 Å². The van der Waals surface area contributed by atoms with Gasteiger partial charge in [0.1, 0.15) is 0 Å². The fourth-order valence-corrected chi connectivity index (χ4v) is 1.71. The topological polar surface area (TPSA) is 87.7 Å². The minimum atomic E-state index is -0.983. The molecule has 1 aromatic carbocycles. The molecular weight excluding hydrogens is 260 g/mol. The molecule has 6 heteroatoms. The lowest BCUT2D eigenvalue weighted by Crippen LogP contribution is -2.38. The molecule has 1 unspecified atom stereocenters. The van der Waals surface area contributed by atoms with Gasteiger partial charge >= 0.3 is 12.0 Å². The van der Waals surface area contributed by atoms with E-state index in [1.54, 1.807) is 19.1 Å². The third kappa shape index (κ3) is 4.89. The van der Waals surface area contributed by atoms with E-state index in [9.17, 15) is 9.59 Å². The van der Waals surface area contributed by atoms with Crippen molar-refractivity contribution in [1.29, 1.82) is 0 Å². The number of carboxylic acids is 1. The smallest absolute Gasteiger partial charge is 0.335 e. The Morgan fingerprint density at radius 3 is 2.65 bits per heavy atom. The van der Waals surface area contributed by atoms with E-state index >= 15 is 0 Å². The molecule has 3 N–H and O–H groups in total. The fraction of sp³-hybridized carbons (Fsp3) is 0.429. The van der Waals surface area contributed by atoms with Gasteiger partial charge in [-0.1, -0.05) is 0 Å². The van der Waals surface area contributed by atoms with Crippen LogP contribution < -0.4 is 10.6 Å². The lowest BCUT2D eigenvalue weighted by Gasteiger charge is -2.14. The van der Waals surface area contributed by atoms with Crippen LogP contribution in [-0.4, -0.2) is 36.4 Å². The number of anilines is 1. The van der Waals surface area contributed by atoms with Crippen molar-refractivity contribution in [2.75, 3.05) is 18.5 Å². The van der Waals surface area contributed by atoms with Gasteiger partial charge in [0.15, 0.2) is 0 Å². The number of carbonyl (C=O) groups is 2. The normalized spacial score (nSPS) is 11.8. The number of hydrogen-bond acceptors (Lipinski definition) is 3. The second kappa shape index (κ2) is 7.49. The second-order valence-electron chi connectivity index (χ2n) is 4.49. The van der Waals surface area contributed by atoms with E-state index in [-0.39, 0.29) is 17.6 Å². The van der Waals surface area contributed by atoms with Crippen LogP contribution in [0.2, 0.25) is 0 Å². The zero-order valence-electron chi connectivity index (χ0n) is 11.9. The summed E-state index contributed by atoms with van der Waals surface area (Å²) in [5.41, 5.74) is 1.37. The second-order valence-corrected chi connectivity index (χ2v) is 4.49. The molecule has 20 heavy (non-hydrogen) atoms. The van der Waals surface area contributed by atoms with Gasteiger partial charge in [-0.25, -0.2) is 9.59 Å². The van der Waals surface area contributed by atoms with Gasteiger partial charge in [0, 0.05) is 12.3 Å². The van der Waals surface area contributed by atoms with E-state index in [1.165, 1.54) is 6.07 Å². The Bertz CT molecular complexity index is 488. The van der Waals surface area contributed by atoms with Gasteiger partial charge in [-0.05, 0) is 44.5 Å². The van der Waals surface area contributed by atoms with Crippen molar-refractivity contribution in [3.8, 4) is 0 Å². The molecule has 0 aliphatic carbocycles. The van der Waals surface area contributed by atoms with Crippen molar-refractivity contribution in [2.24, 2.45) is 0 Å². The van der Waals surface area contributed by atoms with Crippen LogP contribution in [0, 0.1) is 6.92 Å². The predicted octanol–water partition coefficient (Wildman–Crippen LogP) is 2.24. The first-order valence-electron chi connectivity index (χ1n) is 6.43. The van der Waals surface area contributed by atoms with Crippen LogP contribution in [0.4, 0.5) is 10.5 Å². The van der Waals surface area contributed by atoms with Crippen molar-refractivity contribution in [2.45, 2.75) is 26.8 Å². The van der Waals surface area contributed by atoms with Gasteiger partial charge in [0.25, 0.3) is 0 Å². The third-order valence-corrected chi connectivity index (χ3v) is 2.66. The number of amides is 2. The Hall–Kier alpha value is -2.08. The summed E-state index contributed by atoms with van der Waals surface area (Å²) < 4.78 is 5.20. The summed E-state index contributed by atoms with van der Waals surface area (Å²) in [7, 11) is 0. The highest BCUT2D eigenvalue weighted by Crippen LogP contribution is 2.15. The molecule has 0 aliphatic rings. The summed E-state index contributed by atoms with van der Waals surface area (Å²) >= 11 is 0. The van der Waals surface area contributed by atoms with Gasteiger partial charge in [0.05, 0.1) is 18.2 Å². The minimum absolute atomic E-state index is 0.102. The molecular formula is C14H20N2O4. The van der Waals surface area contributed by atoms with Gasteiger partial charge in [0.2, 0.25) is 0 Å². The first-order valence-corrected chi connectivity index (χ1v) is 6.43. The van der Waals surface area contributed by atoms with Crippen LogP contribution in [0.15, 0.2) is 18.2 Å². The van der Waals surface area contributed by atoms with E-state index in [0.717, 1.165) is 0 Å². The first kappa shape index (κ1) is 16.0. The number of nitrogens with one attached hydrogen (secondary N) is 2. The maximum atomic E-state index is 11.7. The molecule has 0 bridgehead atoms. The quantitative estimate of drug-likeness (QED) is 0.745. The highest BCUT2D eigenvalue weighted by molar-refractivity contribution is 5.92. The molecule has 0 heterocycles. The highest BCUT2D eigenvalue weighted by atomic mass is 16.5. The summed E-state index contributed by atoms with van der Waals surface area (Å²) in [4.78, 5) is 22.6. The SMILES string of the molecule is CCOCC(C)NC(=O)Nc1ccc(C(=O)O)c(C)c1. The number of aryl methyl sites for hydroxylation is 1. The number of ether oxygens (including phenoxy) is 1. The lowest BCUT2D eigenvalue weighted by atomic mass is 10.1. The highest BCUT2D eigenvalue weighted by Gasteiger charge is 2.10.